The van der Waals surface area contributed by atoms with E-state index in [2.05, 4.69) is 353 Å². The van der Waals surface area contributed by atoms with E-state index < -0.39 is 29.6 Å². The zero-order valence-corrected chi connectivity index (χ0v) is 62.1. The van der Waals surface area contributed by atoms with Gasteiger partial charge in [-0.25, -0.2) is 0 Å². The van der Waals surface area contributed by atoms with Crippen LogP contribution in [-0.4, -0.2) is 21.3 Å². The first-order chi connectivity index (χ1) is 47.0. The zero-order valence-electron chi connectivity index (χ0n) is 58.5. The molecule has 0 fully saturated rings. The summed E-state index contributed by atoms with van der Waals surface area (Å²) < 4.78 is 24.8. The summed E-state index contributed by atoms with van der Waals surface area (Å²) in [5, 5.41) is 12.9. The van der Waals surface area contributed by atoms with Crippen LogP contribution < -0.4 is 76.6 Å². The van der Waals surface area contributed by atoms with E-state index in [4.69, 9.17) is 33.5 Å². The van der Waals surface area contributed by atoms with Crippen molar-refractivity contribution in [1.82, 2.24) is 0 Å². The molecule has 0 radical (unpaired) electrons. The van der Waals surface area contributed by atoms with Gasteiger partial charge in [0.15, 0.2) is 0 Å². The number of rotatable bonds is 18. The van der Waals surface area contributed by atoms with Gasteiger partial charge >= 0.3 is 0 Å². The van der Waals surface area contributed by atoms with E-state index in [0.717, 1.165) is 35.7 Å². The Bertz CT molecular complexity index is 3840. The Morgan fingerprint density at radius 1 is 0.245 bits per heavy atom. The number of phosphoric acid groups is 1. The van der Waals surface area contributed by atoms with E-state index in [9.17, 15) is 0 Å². The standard InChI is InChI=1S/3C29H30OP.H3O4P/c3*1-22-8-5-11-27(18-22)31(28-12-6-9-23(2)19-28,29-13-7-10-24(3)20-29)21-25-14-16-26(30-4)17-15-25;1-5(2,3)4/h3*5-20H,21H2,1-4H3;(H3,1,2,3,4)/q3*+1;/p-3. The number of methoxy groups -OCH3 is 3. The van der Waals surface area contributed by atoms with E-state index in [-0.39, 0.29) is 0 Å². The first-order valence-electron chi connectivity index (χ1n) is 32.9. The SMILES string of the molecule is COc1ccc(C[P+](c2cccc(C)c2)(c2cccc(C)c2)c2cccc(C)c2)cc1.COc1ccc(C[P+](c2cccc(C)c2)(c2cccc(C)c2)c2cccc(C)c2)cc1.COc1ccc(C[P+](c2cccc(C)c2)(c2cccc(C)c2)c2cccc(C)c2)cc1.O=P([O-])([O-])[O-]. The second-order valence-corrected chi connectivity index (χ2v) is 36.8. The van der Waals surface area contributed by atoms with E-state index in [1.165, 1.54) is 115 Å². The molecule has 11 heteroatoms. The van der Waals surface area contributed by atoms with Crippen molar-refractivity contribution >= 4 is 77.4 Å². The van der Waals surface area contributed by atoms with Gasteiger partial charge in [0.2, 0.25) is 0 Å². The third-order valence-corrected chi connectivity index (χ3v) is 30.7. The van der Waals surface area contributed by atoms with Crippen molar-refractivity contribution in [3.63, 3.8) is 0 Å². The van der Waals surface area contributed by atoms with E-state index in [1.807, 2.05) is 0 Å². The number of benzene rings is 12. The fourth-order valence-electron chi connectivity index (χ4n) is 13.0. The lowest BCUT2D eigenvalue weighted by atomic mass is 10.2. The third-order valence-electron chi connectivity index (χ3n) is 17.7. The molecule has 0 N–H and O–H groups in total. The molecule has 0 amide bonds. The summed E-state index contributed by atoms with van der Waals surface area (Å²) in [6, 6.07) is 108. The van der Waals surface area contributed by atoms with Gasteiger partial charge in [-0.05, 0) is 275 Å². The van der Waals surface area contributed by atoms with Crippen LogP contribution in [0.25, 0.3) is 0 Å². The summed E-state index contributed by atoms with van der Waals surface area (Å²) >= 11 is 0. The third kappa shape index (κ3) is 18.8. The molecule has 0 aliphatic heterocycles. The van der Waals surface area contributed by atoms with Crippen LogP contribution in [0.1, 0.15) is 66.8 Å². The predicted octanol–water partition coefficient (Wildman–Crippen LogP) is 15.5. The maximum Gasteiger partial charge on any atom is 0.118 e. The minimum absolute atomic E-state index is 0.898. The lowest BCUT2D eigenvalue weighted by molar-refractivity contribution is -0.432. The lowest BCUT2D eigenvalue weighted by Crippen LogP contribution is -2.33. The van der Waals surface area contributed by atoms with Crippen molar-refractivity contribution in [3.05, 3.63) is 358 Å². The van der Waals surface area contributed by atoms with Crippen LogP contribution in [0.5, 0.6) is 17.2 Å². The molecule has 0 spiro atoms. The maximum atomic E-state index is 8.55. The second kappa shape index (κ2) is 33.8. The number of aryl methyl sites for hydroxylation is 9. The van der Waals surface area contributed by atoms with Gasteiger partial charge in [0.1, 0.15) is 86.8 Å². The smallest absolute Gasteiger partial charge is 0.118 e. The summed E-state index contributed by atoms with van der Waals surface area (Å²) in [5.41, 5.74) is 15.7. The Labute approximate surface area is 584 Å². The monoisotopic (exact) mass is 1370 g/mol. The molecule has 0 saturated heterocycles. The predicted molar refractivity (Wildman–Crippen MR) is 416 cm³/mol. The van der Waals surface area contributed by atoms with Gasteiger partial charge in [0, 0.05) is 0 Å². The van der Waals surface area contributed by atoms with Gasteiger partial charge in [0.05, 0.1) is 39.8 Å². The number of hydrogen-bond donors (Lipinski definition) is 0. The Balaban J connectivity index is 0.000000166. The van der Waals surface area contributed by atoms with Crippen molar-refractivity contribution in [2.45, 2.75) is 80.8 Å². The molecule has 0 heterocycles. The molecule has 12 aromatic rings. The fraction of sp³-hybridized carbons (Fsp3) is 0.172. The first-order valence-corrected chi connectivity index (χ1v) is 40.3. The number of ether oxygens (including phenoxy) is 3. The summed E-state index contributed by atoms with van der Waals surface area (Å²) in [5.74, 6) is 2.69. The molecule has 0 aliphatic rings. The molecule has 12 aromatic carbocycles. The van der Waals surface area contributed by atoms with Crippen LogP contribution in [0.3, 0.4) is 0 Å². The largest absolute Gasteiger partial charge is 0.822 e. The Morgan fingerprint density at radius 2 is 0.378 bits per heavy atom. The van der Waals surface area contributed by atoms with Crippen LogP contribution in [0.2, 0.25) is 0 Å². The van der Waals surface area contributed by atoms with Crippen molar-refractivity contribution in [3.8, 4) is 17.2 Å². The highest BCUT2D eigenvalue weighted by atomic mass is 31.2. The molecule has 0 aromatic heterocycles. The summed E-state index contributed by atoms with van der Waals surface area (Å²) in [7, 11) is -5.99. The van der Waals surface area contributed by atoms with Crippen molar-refractivity contribution in [2.75, 3.05) is 21.3 Å². The van der Waals surface area contributed by atoms with Gasteiger partial charge in [-0.2, -0.15) is 7.82 Å². The molecule has 0 unspecified atom stereocenters. The van der Waals surface area contributed by atoms with Crippen LogP contribution in [-0.2, 0) is 23.1 Å². The summed E-state index contributed by atoms with van der Waals surface area (Å²) in [4.78, 5) is 25.6. The first kappa shape index (κ1) is 73.7. The van der Waals surface area contributed by atoms with Crippen molar-refractivity contribution < 1.29 is 33.5 Å². The topological polar surface area (TPSA) is 114 Å². The van der Waals surface area contributed by atoms with Crippen LogP contribution in [0.4, 0.5) is 0 Å². The molecule has 98 heavy (non-hydrogen) atoms. The van der Waals surface area contributed by atoms with Gasteiger partial charge in [-0.15, -0.1) is 0 Å². The van der Waals surface area contributed by atoms with E-state index >= 15 is 0 Å². The van der Waals surface area contributed by atoms with Crippen LogP contribution >= 0.6 is 29.6 Å². The molecule has 12 rings (SSSR count). The van der Waals surface area contributed by atoms with Crippen molar-refractivity contribution in [1.29, 1.82) is 0 Å². The Kier molecular flexibility index (Phi) is 25.4. The second-order valence-electron chi connectivity index (χ2n) is 25.4. The van der Waals surface area contributed by atoms with Crippen molar-refractivity contribution in [2.24, 2.45) is 0 Å². The minimum atomic E-state index is -5.39. The normalized spacial score (nSPS) is 11.4. The Hall–Kier alpha value is -8.56. The Morgan fingerprint density at radius 3 is 0.490 bits per heavy atom. The van der Waals surface area contributed by atoms with Gasteiger partial charge in [-0.1, -0.05) is 146 Å². The van der Waals surface area contributed by atoms with Crippen LogP contribution in [0, 0.1) is 62.3 Å². The molecule has 500 valence electrons. The van der Waals surface area contributed by atoms with Gasteiger partial charge < -0.3 is 33.5 Å². The highest BCUT2D eigenvalue weighted by Gasteiger charge is 2.48. The molecule has 0 saturated carbocycles. The molecule has 7 nitrogen and oxygen atoms in total. The van der Waals surface area contributed by atoms with Crippen LogP contribution in [0.15, 0.2) is 291 Å². The molecular formula is C87H90O7P4. The van der Waals surface area contributed by atoms with E-state index in [1.54, 1.807) is 21.3 Å². The average Bonchev–Trinajstić information content (AvgIpc) is 0.762. The minimum Gasteiger partial charge on any atom is -0.822 e. The molecular weight excluding hydrogens is 1280 g/mol. The highest BCUT2D eigenvalue weighted by Crippen LogP contribution is 2.61. The number of hydrogen-bond acceptors (Lipinski definition) is 7. The highest BCUT2D eigenvalue weighted by molar-refractivity contribution is 7.96. The lowest BCUT2D eigenvalue weighted by Gasteiger charge is -2.36. The maximum absolute atomic E-state index is 8.55. The molecule has 0 atom stereocenters. The molecule has 0 aliphatic carbocycles. The van der Waals surface area contributed by atoms with E-state index in [0.29, 0.717) is 0 Å². The fourth-order valence-corrected chi connectivity index (χ4v) is 26.4. The quantitative estimate of drug-likeness (QED) is 0.0786. The van der Waals surface area contributed by atoms with Gasteiger partial charge in [0.25, 0.3) is 0 Å². The molecule has 0 bridgehead atoms. The van der Waals surface area contributed by atoms with Gasteiger partial charge in [-0.3, -0.25) is 0 Å². The zero-order chi connectivity index (χ0) is 70.0. The average molecular weight is 1370 g/mol. The summed E-state index contributed by atoms with van der Waals surface area (Å²) in [6.45, 7) is 19.7. The summed E-state index contributed by atoms with van der Waals surface area (Å²) in [6.07, 6.45) is 2.94.